The zero-order valence-electron chi connectivity index (χ0n) is 26.8. The van der Waals surface area contributed by atoms with E-state index >= 15 is 0 Å². The van der Waals surface area contributed by atoms with Crippen molar-refractivity contribution in [3.63, 3.8) is 0 Å². The first-order valence-electron chi connectivity index (χ1n) is 15.9. The minimum Gasteiger partial charge on any atom is -0.455 e. The number of allylic oxidation sites excluding steroid dienone is 1. The van der Waals surface area contributed by atoms with Crippen molar-refractivity contribution in [2.75, 3.05) is 31.1 Å². The van der Waals surface area contributed by atoms with E-state index in [1.54, 1.807) is 29.2 Å². The Bertz CT molecular complexity index is 1510. The number of nitrogens with one attached hydrogen (secondary N) is 1. The first-order valence-corrected chi connectivity index (χ1v) is 16.9. The molecule has 250 valence electrons. The molecular formula is C36H42BrN3O7. The van der Waals surface area contributed by atoms with Crippen LogP contribution in [0.3, 0.4) is 0 Å². The molecule has 3 saturated heterocycles. The Labute approximate surface area is 283 Å². The normalized spacial score (nSPS) is 26.4. The summed E-state index contributed by atoms with van der Waals surface area (Å²) in [5.41, 5.74) is 1.83. The van der Waals surface area contributed by atoms with E-state index in [0.717, 1.165) is 11.1 Å². The molecule has 3 aliphatic rings. The van der Waals surface area contributed by atoms with Crippen molar-refractivity contribution in [2.24, 2.45) is 11.8 Å². The third-order valence-electron chi connectivity index (χ3n) is 9.41. The van der Waals surface area contributed by atoms with Crippen LogP contribution in [0.15, 0.2) is 73.8 Å². The smallest absolute Gasteiger partial charge is 0.313 e. The number of amides is 3. The quantitative estimate of drug-likeness (QED) is 0.173. The average Bonchev–Trinajstić information content (AvgIpc) is 3.65. The minimum atomic E-state index is -1.33. The number of β-amino-alcohol motifs (C(OH)–C–C–N with tert-alkyl or cyclic N) is 1. The summed E-state index contributed by atoms with van der Waals surface area (Å²) in [6.45, 7) is 11.1. The Balaban J connectivity index is 1.48. The predicted molar refractivity (Wildman–Crippen MR) is 181 cm³/mol. The van der Waals surface area contributed by atoms with Gasteiger partial charge in [0.25, 0.3) is 5.91 Å². The molecule has 2 N–H and O–H groups in total. The third kappa shape index (κ3) is 6.40. The molecule has 2 aromatic rings. The van der Waals surface area contributed by atoms with E-state index in [1.807, 2.05) is 50.2 Å². The number of fused-ring (bicyclic) bond motifs is 1. The number of likely N-dealkylation sites (tertiary alicyclic amines) is 1. The summed E-state index contributed by atoms with van der Waals surface area (Å²) in [6.07, 6.45) is 2.82. The summed E-state index contributed by atoms with van der Waals surface area (Å²) in [4.78, 5) is 58.2. The maximum atomic E-state index is 14.7. The lowest BCUT2D eigenvalue weighted by atomic mass is 9.70. The lowest BCUT2D eigenvalue weighted by Gasteiger charge is -2.37. The van der Waals surface area contributed by atoms with Gasteiger partial charge in [-0.2, -0.15) is 0 Å². The summed E-state index contributed by atoms with van der Waals surface area (Å²) in [5, 5.41) is 12.9. The number of ether oxygens (including phenoxy) is 2. The average molecular weight is 709 g/mol. The van der Waals surface area contributed by atoms with E-state index in [1.165, 1.54) is 4.90 Å². The number of nitrogens with zero attached hydrogens (tertiary/aromatic N) is 2. The second-order valence-electron chi connectivity index (χ2n) is 12.4. The van der Waals surface area contributed by atoms with E-state index in [4.69, 9.17) is 9.47 Å². The SMILES string of the molecule is C=CCCC(=O)NC[C@H](OC(=O)[C@@H]1[C@H]2O[C@@]3(CC2Br)[C@H](C(=O)N(CC=C)c2c(C)cccc2C)N(CCO)C(=O)[C@@H]13)c1ccccc1. The second-order valence-corrected chi connectivity index (χ2v) is 13.5. The molecule has 1 unspecified atom stereocenters. The predicted octanol–water partition coefficient (Wildman–Crippen LogP) is 3.93. The first-order chi connectivity index (χ1) is 22.6. The van der Waals surface area contributed by atoms with Gasteiger partial charge in [0.15, 0.2) is 0 Å². The van der Waals surface area contributed by atoms with Gasteiger partial charge in [-0.05, 0) is 43.4 Å². The fraction of sp³-hybridized carbons (Fsp3) is 0.444. The van der Waals surface area contributed by atoms with E-state index in [9.17, 15) is 24.3 Å². The van der Waals surface area contributed by atoms with Gasteiger partial charge in [-0.1, -0.05) is 76.6 Å². The van der Waals surface area contributed by atoms with E-state index in [2.05, 4.69) is 34.4 Å². The van der Waals surface area contributed by atoms with Crippen LogP contribution in [0.5, 0.6) is 0 Å². The van der Waals surface area contributed by atoms with Crippen LogP contribution in [0.1, 0.15) is 42.1 Å². The molecule has 0 aliphatic carbocycles. The molecule has 47 heavy (non-hydrogen) atoms. The van der Waals surface area contributed by atoms with Crippen molar-refractivity contribution >= 4 is 45.3 Å². The van der Waals surface area contributed by atoms with Crippen LogP contribution in [0.25, 0.3) is 0 Å². The number of benzene rings is 2. The zero-order chi connectivity index (χ0) is 33.9. The first kappa shape index (κ1) is 34.5. The van der Waals surface area contributed by atoms with E-state index in [0.29, 0.717) is 24.1 Å². The monoisotopic (exact) mass is 707 g/mol. The van der Waals surface area contributed by atoms with Gasteiger partial charge in [-0.25, -0.2) is 0 Å². The number of para-hydroxylation sites is 1. The van der Waals surface area contributed by atoms with Crippen molar-refractivity contribution in [3.05, 3.63) is 90.5 Å². The largest absolute Gasteiger partial charge is 0.455 e. The third-order valence-corrected chi connectivity index (χ3v) is 10.3. The number of aliphatic hydroxyl groups excluding tert-OH is 1. The number of rotatable bonds is 14. The van der Waals surface area contributed by atoms with Crippen LogP contribution in [0, 0.1) is 25.7 Å². The Morgan fingerprint density at radius 2 is 1.85 bits per heavy atom. The maximum Gasteiger partial charge on any atom is 0.313 e. The van der Waals surface area contributed by atoms with Crippen molar-refractivity contribution < 1.29 is 33.8 Å². The summed E-state index contributed by atoms with van der Waals surface area (Å²) in [6, 6.07) is 13.7. The number of carbonyl (C=O) groups is 4. The molecule has 2 aromatic carbocycles. The molecule has 3 heterocycles. The Morgan fingerprint density at radius 1 is 1.15 bits per heavy atom. The van der Waals surface area contributed by atoms with Crippen LogP contribution >= 0.6 is 15.9 Å². The second kappa shape index (κ2) is 14.5. The zero-order valence-corrected chi connectivity index (χ0v) is 28.4. The highest BCUT2D eigenvalue weighted by Gasteiger charge is 2.77. The summed E-state index contributed by atoms with van der Waals surface area (Å²) in [5.74, 6) is -3.68. The van der Waals surface area contributed by atoms with Crippen LogP contribution in [-0.2, 0) is 28.7 Å². The highest BCUT2D eigenvalue weighted by Crippen LogP contribution is 2.60. The van der Waals surface area contributed by atoms with Crippen LogP contribution in [-0.4, -0.2) is 82.5 Å². The van der Waals surface area contributed by atoms with Crippen molar-refractivity contribution in [2.45, 2.75) is 61.8 Å². The number of esters is 1. The van der Waals surface area contributed by atoms with Crippen LogP contribution in [0.4, 0.5) is 5.69 Å². The molecular weight excluding hydrogens is 666 g/mol. The van der Waals surface area contributed by atoms with Crippen molar-refractivity contribution in [1.29, 1.82) is 0 Å². The lowest BCUT2D eigenvalue weighted by molar-refractivity contribution is -0.160. The number of anilines is 1. The summed E-state index contributed by atoms with van der Waals surface area (Å²) < 4.78 is 12.7. The number of aliphatic hydroxyl groups is 1. The lowest BCUT2D eigenvalue weighted by Crippen LogP contribution is -2.57. The van der Waals surface area contributed by atoms with Gasteiger partial charge < -0.3 is 29.7 Å². The molecule has 11 heteroatoms. The Hall–Kier alpha value is -3.80. The fourth-order valence-electron chi connectivity index (χ4n) is 7.47. The number of hydrogen-bond acceptors (Lipinski definition) is 7. The molecule has 0 saturated carbocycles. The van der Waals surface area contributed by atoms with Crippen LogP contribution in [0.2, 0.25) is 0 Å². The van der Waals surface area contributed by atoms with Crippen molar-refractivity contribution in [3.8, 4) is 0 Å². The Morgan fingerprint density at radius 3 is 2.49 bits per heavy atom. The Kier molecular flexibility index (Phi) is 10.7. The standard InChI is InChI=1S/C36H42BrN3O7/c1-5-7-16-27(42)38-21-26(24-14-9-8-10-15-24)46-35(45)28-29-33(43)40(18-19-41)32(36(29)20-25(37)31(28)47-36)34(44)39(17-6-2)30-22(3)12-11-13-23(30)4/h5-6,8-15,25-26,28-29,31-32,41H,1-2,7,16-21H2,3-4H3,(H,38,42)/t25?,26-,28-,29+,31-,32-,36+/m0/s1. The van der Waals surface area contributed by atoms with E-state index in [-0.39, 0.29) is 49.3 Å². The molecule has 3 fully saturated rings. The minimum absolute atomic E-state index is 0.0372. The summed E-state index contributed by atoms with van der Waals surface area (Å²) in [7, 11) is 0. The molecule has 5 rings (SSSR count). The molecule has 0 aromatic heterocycles. The van der Waals surface area contributed by atoms with Crippen molar-refractivity contribution in [1.82, 2.24) is 10.2 Å². The van der Waals surface area contributed by atoms with Gasteiger partial charge in [0.2, 0.25) is 11.8 Å². The van der Waals surface area contributed by atoms with Gasteiger partial charge in [0, 0.05) is 30.0 Å². The highest BCUT2D eigenvalue weighted by atomic mass is 79.9. The molecule has 3 amide bonds. The topological polar surface area (TPSA) is 125 Å². The van der Waals surface area contributed by atoms with Gasteiger partial charge in [-0.15, -0.1) is 13.2 Å². The van der Waals surface area contributed by atoms with Gasteiger partial charge in [0.1, 0.15) is 17.7 Å². The molecule has 0 radical (unpaired) electrons. The number of hydrogen-bond donors (Lipinski definition) is 2. The number of aryl methyl sites for hydroxylation is 2. The molecule has 3 aliphatic heterocycles. The molecule has 2 bridgehead atoms. The summed E-state index contributed by atoms with van der Waals surface area (Å²) >= 11 is 3.69. The van der Waals surface area contributed by atoms with E-state index < -0.39 is 47.6 Å². The van der Waals surface area contributed by atoms with Gasteiger partial charge >= 0.3 is 5.97 Å². The number of alkyl halides is 1. The molecule has 7 atom stereocenters. The van der Waals surface area contributed by atoms with Gasteiger partial charge in [-0.3, -0.25) is 19.2 Å². The fourth-order valence-corrected chi connectivity index (χ4v) is 8.41. The molecule has 10 nitrogen and oxygen atoms in total. The number of halogens is 1. The number of carbonyl (C=O) groups excluding carboxylic acids is 4. The van der Waals surface area contributed by atoms with Crippen LogP contribution < -0.4 is 10.2 Å². The highest BCUT2D eigenvalue weighted by molar-refractivity contribution is 9.09. The maximum absolute atomic E-state index is 14.7. The molecule has 1 spiro atoms. The van der Waals surface area contributed by atoms with Gasteiger partial charge in [0.05, 0.1) is 31.1 Å².